The number of nitro groups is 1. The number of carbonyl (C=O) groups excluding carboxylic acids is 1. The van der Waals surface area contributed by atoms with Gasteiger partial charge in [0.05, 0.1) is 16.4 Å². The molecule has 3 N–H and O–H groups in total. The van der Waals surface area contributed by atoms with Crippen LogP contribution in [0.1, 0.15) is 0 Å². The smallest absolute Gasteiger partial charge is 0.292 e. The van der Waals surface area contributed by atoms with Crippen molar-refractivity contribution in [3.63, 3.8) is 0 Å². The SMILES string of the molecule is O=C(CNc1ccccc1[N+](=O)[O-])Nc1ccc(NS(=O)(=O)c2ccc(F)c(F)c2)cc1. The minimum atomic E-state index is -4.15. The highest BCUT2D eigenvalue weighted by Crippen LogP contribution is 2.23. The second-order valence-electron chi connectivity index (χ2n) is 6.43. The number of hydrogen-bond donors (Lipinski definition) is 3. The number of para-hydroxylation sites is 2. The van der Waals surface area contributed by atoms with E-state index in [1.165, 1.54) is 42.5 Å². The van der Waals surface area contributed by atoms with E-state index in [1.54, 1.807) is 6.07 Å². The highest BCUT2D eigenvalue weighted by atomic mass is 32.2. The largest absolute Gasteiger partial charge is 0.371 e. The molecule has 0 atom stereocenters. The van der Waals surface area contributed by atoms with Crippen LogP contribution in [0.4, 0.5) is 31.5 Å². The number of rotatable bonds is 8. The highest BCUT2D eigenvalue weighted by molar-refractivity contribution is 7.92. The van der Waals surface area contributed by atoms with Crippen LogP contribution in [0, 0.1) is 21.7 Å². The minimum Gasteiger partial charge on any atom is -0.371 e. The van der Waals surface area contributed by atoms with E-state index in [-0.39, 0.29) is 23.6 Å². The third-order valence-corrected chi connectivity index (χ3v) is 5.54. The Labute approximate surface area is 181 Å². The molecule has 0 saturated heterocycles. The fourth-order valence-electron chi connectivity index (χ4n) is 2.64. The van der Waals surface area contributed by atoms with Crippen LogP contribution in [-0.4, -0.2) is 25.8 Å². The summed E-state index contributed by atoms with van der Waals surface area (Å²) in [7, 11) is -4.15. The van der Waals surface area contributed by atoms with Gasteiger partial charge in [-0.15, -0.1) is 0 Å². The molecule has 0 bridgehead atoms. The summed E-state index contributed by atoms with van der Waals surface area (Å²) in [4.78, 5) is 22.1. The van der Waals surface area contributed by atoms with Crippen molar-refractivity contribution in [3.8, 4) is 0 Å². The topological polar surface area (TPSA) is 130 Å². The number of anilines is 3. The first-order valence-corrected chi connectivity index (χ1v) is 10.5. The molecule has 0 fully saturated rings. The van der Waals surface area contributed by atoms with Gasteiger partial charge >= 0.3 is 0 Å². The Kier molecular flexibility index (Phi) is 6.64. The molecule has 3 aromatic rings. The summed E-state index contributed by atoms with van der Waals surface area (Å²) in [6, 6.07) is 13.7. The molecular formula is C20H16F2N4O5S. The lowest BCUT2D eigenvalue weighted by Crippen LogP contribution is -2.22. The summed E-state index contributed by atoms with van der Waals surface area (Å²) in [5.74, 6) is -2.95. The summed E-state index contributed by atoms with van der Waals surface area (Å²) in [5.41, 5.74) is 0.494. The van der Waals surface area contributed by atoms with Gasteiger partial charge in [-0.3, -0.25) is 19.6 Å². The molecule has 0 unspecified atom stereocenters. The van der Waals surface area contributed by atoms with Gasteiger partial charge in [0, 0.05) is 17.4 Å². The number of sulfonamides is 1. The van der Waals surface area contributed by atoms with Gasteiger partial charge in [-0.25, -0.2) is 17.2 Å². The van der Waals surface area contributed by atoms with Gasteiger partial charge in [0.15, 0.2) is 11.6 Å². The van der Waals surface area contributed by atoms with Crippen LogP contribution in [-0.2, 0) is 14.8 Å². The van der Waals surface area contributed by atoms with Gasteiger partial charge in [-0.2, -0.15) is 0 Å². The molecule has 0 radical (unpaired) electrons. The fourth-order valence-corrected chi connectivity index (χ4v) is 3.71. The van der Waals surface area contributed by atoms with Crippen molar-refractivity contribution < 1.29 is 26.9 Å². The molecule has 166 valence electrons. The molecule has 0 heterocycles. The third kappa shape index (κ3) is 5.55. The standard InChI is InChI=1S/C20H16F2N4O5S/c21-16-10-9-15(11-17(16)22)32(30,31)25-14-7-5-13(6-8-14)24-20(27)12-23-18-3-1-2-4-19(18)26(28)29/h1-11,23,25H,12H2,(H,24,27). The number of nitro benzene ring substituents is 1. The number of halogens is 2. The van der Waals surface area contributed by atoms with Gasteiger partial charge < -0.3 is 10.6 Å². The van der Waals surface area contributed by atoms with E-state index in [1.807, 2.05) is 0 Å². The lowest BCUT2D eigenvalue weighted by Gasteiger charge is -2.10. The van der Waals surface area contributed by atoms with E-state index in [9.17, 15) is 32.1 Å². The second-order valence-corrected chi connectivity index (χ2v) is 8.12. The molecule has 32 heavy (non-hydrogen) atoms. The number of nitrogens with one attached hydrogen (secondary N) is 3. The number of hydrogen-bond acceptors (Lipinski definition) is 6. The Morgan fingerprint density at radius 2 is 1.59 bits per heavy atom. The Hall–Kier alpha value is -4.06. The van der Waals surface area contributed by atoms with E-state index >= 15 is 0 Å². The zero-order chi connectivity index (χ0) is 23.3. The molecule has 9 nitrogen and oxygen atoms in total. The molecule has 0 aliphatic heterocycles. The summed E-state index contributed by atoms with van der Waals surface area (Å²) in [6.45, 7) is -0.241. The number of amides is 1. The molecule has 1 amide bonds. The Morgan fingerprint density at radius 1 is 0.938 bits per heavy atom. The van der Waals surface area contributed by atoms with E-state index in [4.69, 9.17) is 0 Å². The van der Waals surface area contributed by atoms with Crippen molar-refractivity contribution in [1.29, 1.82) is 0 Å². The molecule has 3 rings (SSSR count). The van der Waals surface area contributed by atoms with Crippen LogP contribution >= 0.6 is 0 Å². The predicted molar refractivity (Wildman–Crippen MR) is 114 cm³/mol. The molecular weight excluding hydrogens is 446 g/mol. The van der Waals surface area contributed by atoms with Crippen molar-refractivity contribution >= 4 is 38.7 Å². The van der Waals surface area contributed by atoms with Crippen molar-refractivity contribution in [1.82, 2.24) is 0 Å². The maximum absolute atomic E-state index is 13.3. The van der Waals surface area contributed by atoms with Gasteiger partial charge in [-0.05, 0) is 48.5 Å². The molecule has 0 saturated carbocycles. The molecule has 12 heteroatoms. The summed E-state index contributed by atoms with van der Waals surface area (Å²) < 4.78 is 53.1. The Bertz CT molecular complexity index is 1270. The lowest BCUT2D eigenvalue weighted by molar-refractivity contribution is -0.383. The molecule has 3 aromatic carbocycles. The Morgan fingerprint density at radius 3 is 2.25 bits per heavy atom. The van der Waals surface area contributed by atoms with Gasteiger partial charge in [0.25, 0.3) is 15.7 Å². The first kappa shape index (κ1) is 22.6. The first-order valence-electron chi connectivity index (χ1n) is 9.01. The van der Waals surface area contributed by atoms with E-state index in [0.29, 0.717) is 17.8 Å². The van der Waals surface area contributed by atoms with E-state index in [2.05, 4.69) is 15.4 Å². The quantitative estimate of drug-likeness (QED) is 0.345. The summed E-state index contributed by atoms with van der Waals surface area (Å²) in [5, 5.41) is 16.2. The number of benzene rings is 3. The second kappa shape index (κ2) is 9.39. The van der Waals surface area contributed by atoms with E-state index in [0.717, 1.165) is 6.07 Å². The lowest BCUT2D eigenvalue weighted by atomic mass is 10.2. The normalized spacial score (nSPS) is 10.9. The highest BCUT2D eigenvalue weighted by Gasteiger charge is 2.17. The van der Waals surface area contributed by atoms with Crippen LogP contribution < -0.4 is 15.4 Å². The van der Waals surface area contributed by atoms with E-state index < -0.39 is 37.4 Å². The van der Waals surface area contributed by atoms with Crippen molar-refractivity contribution in [2.45, 2.75) is 4.90 Å². The molecule has 0 aromatic heterocycles. The van der Waals surface area contributed by atoms with Gasteiger partial charge in [-0.1, -0.05) is 12.1 Å². The average molecular weight is 462 g/mol. The summed E-state index contributed by atoms with van der Waals surface area (Å²) >= 11 is 0. The fraction of sp³-hybridized carbons (Fsp3) is 0.0500. The van der Waals surface area contributed by atoms with Gasteiger partial charge in [0.1, 0.15) is 5.69 Å². The zero-order valence-electron chi connectivity index (χ0n) is 16.2. The first-order chi connectivity index (χ1) is 15.2. The number of carbonyl (C=O) groups is 1. The van der Waals surface area contributed by atoms with Crippen LogP contribution in [0.25, 0.3) is 0 Å². The van der Waals surface area contributed by atoms with Gasteiger partial charge in [0.2, 0.25) is 5.91 Å². The molecule has 0 aliphatic carbocycles. The minimum absolute atomic E-state index is 0.130. The summed E-state index contributed by atoms with van der Waals surface area (Å²) in [6.07, 6.45) is 0. The van der Waals surface area contributed by atoms with Crippen LogP contribution in [0.2, 0.25) is 0 Å². The van der Waals surface area contributed by atoms with Crippen LogP contribution in [0.5, 0.6) is 0 Å². The predicted octanol–water partition coefficient (Wildman–Crippen LogP) is 3.72. The Balaban J connectivity index is 1.60. The maximum Gasteiger partial charge on any atom is 0.292 e. The third-order valence-electron chi connectivity index (χ3n) is 4.16. The molecule has 0 spiro atoms. The van der Waals surface area contributed by atoms with Crippen molar-refractivity contribution in [3.05, 3.63) is 88.5 Å². The van der Waals surface area contributed by atoms with Crippen LogP contribution in [0.3, 0.4) is 0 Å². The molecule has 0 aliphatic rings. The number of nitrogens with zero attached hydrogens (tertiary/aromatic N) is 1. The average Bonchev–Trinajstić information content (AvgIpc) is 2.75. The zero-order valence-corrected chi connectivity index (χ0v) is 17.0. The van der Waals surface area contributed by atoms with Crippen molar-refractivity contribution in [2.75, 3.05) is 21.9 Å². The maximum atomic E-state index is 13.3. The van der Waals surface area contributed by atoms with Crippen LogP contribution in [0.15, 0.2) is 71.6 Å². The monoisotopic (exact) mass is 462 g/mol. The van der Waals surface area contributed by atoms with Crippen molar-refractivity contribution in [2.24, 2.45) is 0 Å².